The third-order valence-corrected chi connectivity index (χ3v) is 3.40. The lowest BCUT2D eigenvalue weighted by Crippen LogP contribution is -2.52. The van der Waals surface area contributed by atoms with Crippen molar-refractivity contribution in [3.8, 4) is 0 Å². The summed E-state index contributed by atoms with van der Waals surface area (Å²) in [7, 11) is 1.89. The van der Waals surface area contributed by atoms with Gasteiger partial charge in [0.2, 0.25) is 5.91 Å². The monoisotopic (exact) mass is 236 g/mol. The lowest BCUT2D eigenvalue weighted by atomic mass is 9.92. The van der Waals surface area contributed by atoms with E-state index in [-0.39, 0.29) is 24.0 Å². The lowest BCUT2D eigenvalue weighted by Gasteiger charge is -2.42. The summed E-state index contributed by atoms with van der Waals surface area (Å²) in [5, 5.41) is 4.17. The molecule has 0 bridgehead atoms. The number of aryl methyl sites for hydroxylation is 1. The van der Waals surface area contributed by atoms with Crippen LogP contribution < -0.4 is 5.73 Å². The smallest absolute Gasteiger partial charge is 0.223 e. The zero-order valence-corrected chi connectivity index (χ0v) is 10.6. The maximum atomic E-state index is 12.0. The summed E-state index contributed by atoms with van der Waals surface area (Å²) >= 11 is 0. The second kappa shape index (κ2) is 4.49. The molecule has 5 heteroatoms. The van der Waals surface area contributed by atoms with Crippen LogP contribution in [-0.4, -0.2) is 32.7 Å². The van der Waals surface area contributed by atoms with Gasteiger partial charge in [-0.05, 0) is 26.3 Å². The van der Waals surface area contributed by atoms with Gasteiger partial charge in [-0.3, -0.25) is 9.48 Å². The molecule has 1 aromatic rings. The molecular formula is C12H20N4O. The molecule has 2 atom stereocenters. The van der Waals surface area contributed by atoms with E-state index in [2.05, 4.69) is 5.10 Å². The highest BCUT2D eigenvalue weighted by Gasteiger charge is 2.37. The number of aromatic nitrogens is 2. The number of nitrogens with zero attached hydrogens (tertiary/aromatic N) is 3. The van der Waals surface area contributed by atoms with Gasteiger partial charge in [0.05, 0.1) is 11.7 Å². The molecule has 0 radical (unpaired) electrons. The summed E-state index contributed by atoms with van der Waals surface area (Å²) in [6, 6.07) is 2.04. The van der Waals surface area contributed by atoms with E-state index in [4.69, 9.17) is 5.73 Å². The van der Waals surface area contributed by atoms with Crippen LogP contribution in [0.3, 0.4) is 0 Å². The first-order valence-electron chi connectivity index (χ1n) is 6.07. The van der Waals surface area contributed by atoms with Crippen molar-refractivity contribution in [2.24, 2.45) is 12.8 Å². The Kier molecular flexibility index (Phi) is 3.19. The molecule has 1 saturated heterocycles. The molecule has 2 rings (SSSR count). The van der Waals surface area contributed by atoms with Gasteiger partial charge in [-0.15, -0.1) is 0 Å². The van der Waals surface area contributed by atoms with Crippen LogP contribution in [0.1, 0.15) is 38.4 Å². The minimum atomic E-state index is -0.0521. The van der Waals surface area contributed by atoms with E-state index in [1.807, 2.05) is 31.9 Å². The van der Waals surface area contributed by atoms with Crippen molar-refractivity contribution in [1.29, 1.82) is 0 Å². The van der Waals surface area contributed by atoms with Crippen LogP contribution in [-0.2, 0) is 11.8 Å². The van der Waals surface area contributed by atoms with Gasteiger partial charge in [-0.2, -0.15) is 5.10 Å². The quantitative estimate of drug-likeness (QED) is 0.826. The van der Waals surface area contributed by atoms with Gasteiger partial charge in [0.15, 0.2) is 0 Å². The highest BCUT2D eigenvalue weighted by atomic mass is 16.2. The molecule has 0 spiro atoms. The molecule has 17 heavy (non-hydrogen) atoms. The van der Waals surface area contributed by atoms with E-state index >= 15 is 0 Å². The highest BCUT2D eigenvalue weighted by molar-refractivity contribution is 5.78. The second-order valence-corrected chi connectivity index (χ2v) is 4.92. The van der Waals surface area contributed by atoms with E-state index in [9.17, 15) is 4.79 Å². The van der Waals surface area contributed by atoms with Crippen LogP contribution >= 0.6 is 0 Å². The predicted octanol–water partition coefficient (Wildman–Crippen LogP) is 0.819. The number of rotatable bonds is 2. The summed E-state index contributed by atoms with van der Waals surface area (Å²) in [6.07, 6.45) is 3.05. The molecule has 2 N–H and O–H groups in total. The fourth-order valence-electron chi connectivity index (χ4n) is 2.58. The van der Waals surface area contributed by atoms with Crippen molar-refractivity contribution < 1.29 is 4.79 Å². The molecule has 5 nitrogen and oxygen atoms in total. The molecule has 2 heterocycles. The van der Waals surface area contributed by atoms with Gasteiger partial charge in [-0.1, -0.05) is 0 Å². The Morgan fingerprint density at radius 2 is 2.24 bits per heavy atom. The second-order valence-electron chi connectivity index (χ2n) is 4.92. The molecule has 1 aliphatic rings. The molecule has 94 valence electrons. The molecule has 1 amide bonds. The van der Waals surface area contributed by atoms with Crippen LogP contribution in [0.25, 0.3) is 0 Å². The first kappa shape index (κ1) is 12.1. The van der Waals surface area contributed by atoms with Crippen LogP contribution in [0.15, 0.2) is 12.3 Å². The summed E-state index contributed by atoms with van der Waals surface area (Å²) < 4.78 is 1.80. The number of hydrogen-bond donors (Lipinski definition) is 1. The van der Waals surface area contributed by atoms with Crippen LogP contribution in [0.4, 0.5) is 0 Å². The summed E-state index contributed by atoms with van der Waals surface area (Å²) in [5.41, 5.74) is 7.21. The van der Waals surface area contributed by atoms with Gasteiger partial charge >= 0.3 is 0 Å². The van der Waals surface area contributed by atoms with E-state index in [1.165, 1.54) is 0 Å². The molecule has 2 unspecified atom stereocenters. The Balaban J connectivity index is 2.39. The zero-order valence-electron chi connectivity index (χ0n) is 10.6. The Labute approximate surface area is 102 Å². The highest BCUT2D eigenvalue weighted by Crippen LogP contribution is 2.32. The Hall–Kier alpha value is -1.36. The molecule has 0 saturated carbocycles. The van der Waals surface area contributed by atoms with Crippen molar-refractivity contribution in [3.63, 3.8) is 0 Å². The minimum absolute atomic E-state index is 0.00880. The van der Waals surface area contributed by atoms with Crippen molar-refractivity contribution in [2.75, 3.05) is 0 Å². The number of amides is 1. The third-order valence-electron chi connectivity index (χ3n) is 3.40. The largest absolute Gasteiger partial charge is 0.330 e. The van der Waals surface area contributed by atoms with Gasteiger partial charge in [0.25, 0.3) is 0 Å². The number of piperidine rings is 1. The predicted molar refractivity (Wildman–Crippen MR) is 65.1 cm³/mol. The molecule has 0 aliphatic carbocycles. The number of nitrogens with two attached hydrogens (primary N) is 1. The first-order chi connectivity index (χ1) is 8.02. The fourth-order valence-corrected chi connectivity index (χ4v) is 2.58. The van der Waals surface area contributed by atoms with E-state index in [1.54, 1.807) is 10.9 Å². The van der Waals surface area contributed by atoms with Crippen LogP contribution in [0.2, 0.25) is 0 Å². The summed E-state index contributed by atoms with van der Waals surface area (Å²) in [5.74, 6) is 0.188. The van der Waals surface area contributed by atoms with E-state index in [0.29, 0.717) is 6.42 Å². The third kappa shape index (κ3) is 2.07. The van der Waals surface area contributed by atoms with Crippen molar-refractivity contribution in [3.05, 3.63) is 18.0 Å². The standard InChI is InChI=1S/C12H20N4O/c1-8(2)16-11(17)5-4-9(13)12(16)10-6-7-14-15(10)3/h6-9,12H,4-5,13H2,1-3H3. The molecule has 1 aromatic heterocycles. The minimum Gasteiger partial charge on any atom is -0.330 e. The summed E-state index contributed by atoms with van der Waals surface area (Å²) in [6.45, 7) is 4.05. The summed E-state index contributed by atoms with van der Waals surface area (Å²) in [4.78, 5) is 13.9. The molecular weight excluding hydrogens is 216 g/mol. The number of hydrogen-bond acceptors (Lipinski definition) is 3. The lowest BCUT2D eigenvalue weighted by molar-refractivity contribution is -0.139. The van der Waals surface area contributed by atoms with Gasteiger partial charge in [-0.25, -0.2) is 0 Å². The van der Waals surface area contributed by atoms with Crippen molar-refractivity contribution >= 4 is 5.91 Å². The number of carbonyl (C=O) groups excluding carboxylic acids is 1. The van der Waals surface area contributed by atoms with Gasteiger partial charge in [0.1, 0.15) is 0 Å². The molecule has 1 fully saturated rings. The Morgan fingerprint density at radius 1 is 1.53 bits per heavy atom. The Bertz CT molecular complexity index is 412. The first-order valence-corrected chi connectivity index (χ1v) is 6.07. The maximum Gasteiger partial charge on any atom is 0.223 e. The average Bonchev–Trinajstić information content (AvgIpc) is 2.67. The van der Waals surface area contributed by atoms with Gasteiger partial charge < -0.3 is 10.6 Å². The maximum absolute atomic E-state index is 12.0. The normalized spacial score (nSPS) is 25.7. The van der Waals surface area contributed by atoms with E-state index < -0.39 is 0 Å². The Morgan fingerprint density at radius 3 is 2.76 bits per heavy atom. The van der Waals surface area contributed by atoms with Crippen molar-refractivity contribution in [1.82, 2.24) is 14.7 Å². The fraction of sp³-hybridized carbons (Fsp3) is 0.667. The van der Waals surface area contributed by atoms with Gasteiger partial charge in [0, 0.05) is 31.7 Å². The number of likely N-dealkylation sites (tertiary alicyclic amines) is 1. The van der Waals surface area contributed by atoms with Crippen LogP contribution in [0.5, 0.6) is 0 Å². The topological polar surface area (TPSA) is 64.2 Å². The van der Waals surface area contributed by atoms with Crippen LogP contribution in [0, 0.1) is 0 Å². The average molecular weight is 236 g/mol. The number of carbonyl (C=O) groups is 1. The van der Waals surface area contributed by atoms with E-state index in [0.717, 1.165) is 12.1 Å². The molecule has 0 aromatic carbocycles. The SMILES string of the molecule is CC(C)N1C(=O)CCC(N)C1c1ccnn1C. The zero-order chi connectivity index (χ0) is 12.6. The van der Waals surface area contributed by atoms with Crippen molar-refractivity contribution in [2.45, 2.75) is 44.8 Å². The molecule has 1 aliphatic heterocycles.